The van der Waals surface area contributed by atoms with E-state index in [1.807, 2.05) is 0 Å². The van der Waals surface area contributed by atoms with Crippen molar-refractivity contribution in [2.45, 2.75) is 44.3 Å². The Balaban J connectivity index is 1.95. The van der Waals surface area contributed by atoms with Gasteiger partial charge in [0.2, 0.25) is 0 Å². The summed E-state index contributed by atoms with van der Waals surface area (Å²) in [4.78, 5) is 0. The normalized spacial score (nSPS) is 27.9. The lowest BCUT2D eigenvalue weighted by Gasteiger charge is -2.22. The van der Waals surface area contributed by atoms with Crippen LogP contribution in [-0.2, 0) is 0 Å². The van der Waals surface area contributed by atoms with Crippen molar-refractivity contribution in [2.24, 2.45) is 5.73 Å². The summed E-state index contributed by atoms with van der Waals surface area (Å²) in [5, 5.41) is 3.62. The van der Waals surface area contributed by atoms with Crippen LogP contribution in [0.1, 0.15) is 37.8 Å². The molecule has 1 aliphatic rings. The molecule has 0 aliphatic heterocycles. The fraction of sp³-hybridized carbons (Fsp3) is 0.538. The summed E-state index contributed by atoms with van der Waals surface area (Å²) in [5.74, 6) is 0. The van der Waals surface area contributed by atoms with Crippen molar-refractivity contribution in [2.75, 3.05) is 0 Å². The van der Waals surface area contributed by atoms with Gasteiger partial charge in [0.1, 0.15) is 0 Å². The number of nitrogens with two attached hydrogens (primary N) is 1. The SMILES string of the molecule is C[C@H](N[C@@H]1CCC[C@@H]1N)c1ccccc1. The fourth-order valence-corrected chi connectivity index (χ4v) is 2.35. The standard InChI is InChI=1S/C13H20N2/c1-10(11-6-3-2-4-7-11)15-13-9-5-8-12(13)14/h2-4,6-7,10,12-13,15H,5,8-9,14H2,1H3/t10-,12-,13+/m0/s1. The lowest BCUT2D eigenvalue weighted by Crippen LogP contribution is -2.41. The van der Waals surface area contributed by atoms with E-state index >= 15 is 0 Å². The topological polar surface area (TPSA) is 38.0 Å². The van der Waals surface area contributed by atoms with E-state index in [4.69, 9.17) is 5.73 Å². The summed E-state index contributed by atoms with van der Waals surface area (Å²) in [7, 11) is 0. The Hall–Kier alpha value is -0.860. The van der Waals surface area contributed by atoms with Crippen LogP contribution in [0.3, 0.4) is 0 Å². The molecule has 0 saturated heterocycles. The minimum Gasteiger partial charge on any atom is -0.326 e. The zero-order chi connectivity index (χ0) is 10.7. The van der Waals surface area contributed by atoms with E-state index in [9.17, 15) is 0 Å². The predicted molar refractivity (Wildman–Crippen MR) is 63.6 cm³/mol. The van der Waals surface area contributed by atoms with E-state index in [0.717, 1.165) is 0 Å². The summed E-state index contributed by atoms with van der Waals surface area (Å²) in [6.45, 7) is 2.21. The first-order chi connectivity index (χ1) is 7.27. The van der Waals surface area contributed by atoms with Crippen molar-refractivity contribution in [1.29, 1.82) is 0 Å². The molecule has 2 rings (SSSR count). The van der Waals surface area contributed by atoms with Crippen molar-refractivity contribution in [1.82, 2.24) is 5.32 Å². The predicted octanol–water partition coefficient (Wildman–Crippen LogP) is 2.22. The number of hydrogen-bond acceptors (Lipinski definition) is 2. The Morgan fingerprint density at radius 1 is 1.27 bits per heavy atom. The minimum absolute atomic E-state index is 0.344. The highest BCUT2D eigenvalue weighted by Gasteiger charge is 2.24. The molecule has 0 heterocycles. The molecule has 1 fully saturated rings. The van der Waals surface area contributed by atoms with Crippen LogP contribution in [0.25, 0.3) is 0 Å². The van der Waals surface area contributed by atoms with Gasteiger partial charge in [-0.15, -0.1) is 0 Å². The second-order valence-corrected chi connectivity index (χ2v) is 4.50. The van der Waals surface area contributed by atoms with Crippen molar-refractivity contribution in [3.8, 4) is 0 Å². The van der Waals surface area contributed by atoms with Crippen LogP contribution in [0, 0.1) is 0 Å². The van der Waals surface area contributed by atoms with Gasteiger partial charge in [0.25, 0.3) is 0 Å². The van der Waals surface area contributed by atoms with Crippen molar-refractivity contribution in [3.05, 3.63) is 35.9 Å². The zero-order valence-corrected chi connectivity index (χ0v) is 9.32. The Morgan fingerprint density at radius 2 is 2.00 bits per heavy atom. The number of hydrogen-bond donors (Lipinski definition) is 2. The van der Waals surface area contributed by atoms with Crippen LogP contribution in [-0.4, -0.2) is 12.1 Å². The molecular weight excluding hydrogens is 184 g/mol. The van der Waals surface area contributed by atoms with E-state index in [-0.39, 0.29) is 0 Å². The second-order valence-electron chi connectivity index (χ2n) is 4.50. The fourth-order valence-electron chi connectivity index (χ4n) is 2.35. The third-order valence-electron chi connectivity index (χ3n) is 3.33. The van der Waals surface area contributed by atoms with Gasteiger partial charge in [0.15, 0.2) is 0 Å². The summed E-state index contributed by atoms with van der Waals surface area (Å²) in [6, 6.07) is 11.8. The Kier molecular flexibility index (Phi) is 3.39. The quantitative estimate of drug-likeness (QED) is 0.792. The van der Waals surface area contributed by atoms with E-state index in [1.54, 1.807) is 0 Å². The van der Waals surface area contributed by atoms with Crippen LogP contribution >= 0.6 is 0 Å². The molecule has 1 saturated carbocycles. The van der Waals surface area contributed by atoms with Crippen LogP contribution in [0.15, 0.2) is 30.3 Å². The molecule has 0 spiro atoms. The molecule has 0 unspecified atom stereocenters. The number of benzene rings is 1. The van der Waals surface area contributed by atoms with Gasteiger partial charge in [-0.25, -0.2) is 0 Å². The number of nitrogens with one attached hydrogen (secondary N) is 1. The van der Waals surface area contributed by atoms with Crippen LogP contribution in [0.4, 0.5) is 0 Å². The maximum Gasteiger partial charge on any atom is 0.0294 e. The lowest BCUT2D eigenvalue weighted by molar-refractivity contribution is 0.427. The summed E-state index contributed by atoms with van der Waals surface area (Å²) < 4.78 is 0. The van der Waals surface area contributed by atoms with Gasteiger partial charge < -0.3 is 11.1 Å². The lowest BCUT2D eigenvalue weighted by atomic mass is 10.1. The van der Waals surface area contributed by atoms with Crippen LogP contribution < -0.4 is 11.1 Å². The smallest absolute Gasteiger partial charge is 0.0294 e. The highest BCUT2D eigenvalue weighted by Crippen LogP contribution is 2.21. The first kappa shape index (κ1) is 10.7. The van der Waals surface area contributed by atoms with Gasteiger partial charge in [0.05, 0.1) is 0 Å². The van der Waals surface area contributed by atoms with E-state index in [1.165, 1.54) is 24.8 Å². The first-order valence-corrected chi connectivity index (χ1v) is 5.84. The van der Waals surface area contributed by atoms with E-state index in [2.05, 4.69) is 42.6 Å². The molecule has 0 aromatic heterocycles. The molecule has 3 N–H and O–H groups in total. The molecule has 0 bridgehead atoms. The Morgan fingerprint density at radius 3 is 2.60 bits per heavy atom. The van der Waals surface area contributed by atoms with E-state index < -0.39 is 0 Å². The summed E-state index contributed by atoms with van der Waals surface area (Å²) in [5.41, 5.74) is 7.39. The summed E-state index contributed by atoms with van der Waals surface area (Å²) in [6.07, 6.45) is 3.65. The highest BCUT2D eigenvalue weighted by atomic mass is 15.0. The molecule has 3 atom stereocenters. The van der Waals surface area contributed by atoms with E-state index in [0.29, 0.717) is 18.1 Å². The third kappa shape index (κ3) is 2.58. The zero-order valence-electron chi connectivity index (χ0n) is 9.32. The summed E-state index contributed by atoms with van der Waals surface area (Å²) >= 11 is 0. The highest BCUT2D eigenvalue weighted by molar-refractivity contribution is 5.18. The molecule has 1 aromatic carbocycles. The van der Waals surface area contributed by atoms with Gasteiger partial charge in [-0.3, -0.25) is 0 Å². The van der Waals surface area contributed by atoms with Crippen molar-refractivity contribution in [3.63, 3.8) is 0 Å². The molecule has 1 aliphatic carbocycles. The maximum absolute atomic E-state index is 6.04. The van der Waals surface area contributed by atoms with Gasteiger partial charge in [-0.2, -0.15) is 0 Å². The molecule has 2 heteroatoms. The average Bonchev–Trinajstić information content (AvgIpc) is 2.66. The van der Waals surface area contributed by atoms with Crippen LogP contribution in [0.5, 0.6) is 0 Å². The molecule has 15 heavy (non-hydrogen) atoms. The Bertz CT molecular complexity index is 297. The van der Waals surface area contributed by atoms with Crippen LogP contribution in [0.2, 0.25) is 0 Å². The monoisotopic (exact) mass is 204 g/mol. The van der Waals surface area contributed by atoms with Crippen molar-refractivity contribution < 1.29 is 0 Å². The Labute approximate surface area is 91.9 Å². The second kappa shape index (κ2) is 4.77. The molecule has 0 radical (unpaired) electrons. The maximum atomic E-state index is 6.04. The van der Waals surface area contributed by atoms with Crippen molar-refractivity contribution >= 4 is 0 Å². The van der Waals surface area contributed by atoms with Gasteiger partial charge >= 0.3 is 0 Å². The molecular formula is C13H20N2. The van der Waals surface area contributed by atoms with Gasteiger partial charge in [0, 0.05) is 18.1 Å². The largest absolute Gasteiger partial charge is 0.326 e. The average molecular weight is 204 g/mol. The third-order valence-corrected chi connectivity index (χ3v) is 3.33. The first-order valence-electron chi connectivity index (χ1n) is 5.84. The molecule has 2 nitrogen and oxygen atoms in total. The van der Waals surface area contributed by atoms with Gasteiger partial charge in [-0.05, 0) is 25.3 Å². The van der Waals surface area contributed by atoms with Gasteiger partial charge in [-0.1, -0.05) is 36.8 Å². The molecule has 1 aromatic rings. The number of rotatable bonds is 3. The molecule has 0 amide bonds. The molecule has 82 valence electrons. The minimum atomic E-state index is 0.344.